The number of amides is 2. The first kappa shape index (κ1) is 17.0. The molecule has 0 aromatic heterocycles. The Hall–Kier alpha value is -1.10. The second-order valence-corrected chi connectivity index (χ2v) is 5.73. The maximum Gasteiger partial charge on any atom is 0.239 e. The molecule has 116 valence electrons. The molecule has 0 radical (unpaired) electrons. The lowest BCUT2D eigenvalue weighted by atomic mass is 9.94. The molecule has 1 aliphatic rings. The lowest BCUT2D eigenvalue weighted by Crippen LogP contribution is -2.49. The van der Waals surface area contributed by atoms with Gasteiger partial charge in [0, 0.05) is 33.1 Å². The summed E-state index contributed by atoms with van der Waals surface area (Å²) in [5.41, 5.74) is 0. The highest BCUT2D eigenvalue weighted by atomic mass is 16.2. The van der Waals surface area contributed by atoms with Crippen molar-refractivity contribution in [1.82, 2.24) is 14.7 Å². The van der Waals surface area contributed by atoms with Gasteiger partial charge in [-0.1, -0.05) is 0 Å². The largest absolute Gasteiger partial charge is 0.347 e. The summed E-state index contributed by atoms with van der Waals surface area (Å²) in [6.07, 6.45) is 1.72. The summed E-state index contributed by atoms with van der Waals surface area (Å²) in [6.45, 7) is 9.23. The van der Waals surface area contributed by atoms with Crippen LogP contribution in [0.25, 0.3) is 0 Å². The first-order valence-electron chi connectivity index (χ1n) is 7.66. The summed E-state index contributed by atoms with van der Waals surface area (Å²) in [4.78, 5) is 30.0. The first-order chi connectivity index (χ1) is 9.42. The Morgan fingerprint density at radius 3 is 2.05 bits per heavy atom. The first-order valence-corrected chi connectivity index (χ1v) is 7.66. The van der Waals surface area contributed by atoms with Crippen molar-refractivity contribution in [2.24, 2.45) is 5.92 Å². The van der Waals surface area contributed by atoms with Crippen molar-refractivity contribution in [3.05, 3.63) is 0 Å². The molecule has 5 nitrogen and oxygen atoms in total. The molecule has 0 aliphatic carbocycles. The van der Waals surface area contributed by atoms with Crippen LogP contribution in [-0.4, -0.2) is 72.8 Å². The van der Waals surface area contributed by atoms with Crippen LogP contribution in [0.1, 0.15) is 33.6 Å². The Morgan fingerprint density at radius 2 is 1.65 bits per heavy atom. The van der Waals surface area contributed by atoms with Crippen LogP contribution in [0, 0.1) is 5.92 Å². The van der Waals surface area contributed by atoms with Gasteiger partial charge in [-0.05, 0) is 46.7 Å². The maximum absolute atomic E-state index is 12.3. The van der Waals surface area contributed by atoms with Crippen LogP contribution in [0.3, 0.4) is 0 Å². The van der Waals surface area contributed by atoms with E-state index in [1.165, 1.54) is 0 Å². The van der Waals surface area contributed by atoms with Gasteiger partial charge in [-0.3, -0.25) is 14.5 Å². The van der Waals surface area contributed by atoms with Crippen molar-refractivity contribution in [1.29, 1.82) is 0 Å². The standard InChI is InChI=1S/C15H29N3O2/c1-6-17(7-2)15(20)13-8-10-18(11-9-13)12(3)14(19)16(4)5/h12-13H,6-11H2,1-5H3. The van der Waals surface area contributed by atoms with Crippen molar-refractivity contribution in [2.75, 3.05) is 40.3 Å². The van der Waals surface area contributed by atoms with Gasteiger partial charge in [0.15, 0.2) is 0 Å². The number of carbonyl (C=O) groups is 2. The van der Waals surface area contributed by atoms with Gasteiger partial charge >= 0.3 is 0 Å². The van der Waals surface area contributed by atoms with E-state index in [0.29, 0.717) is 0 Å². The van der Waals surface area contributed by atoms with E-state index >= 15 is 0 Å². The molecule has 0 aromatic carbocycles. The molecule has 1 aliphatic heterocycles. The van der Waals surface area contributed by atoms with E-state index in [0.717, 1.165) is 39.0 Å². The van der Waals surface area contributed by atoms with Gasteiger partial charge in [-0.25, -0.2) is 0 Å². The minimum Gasteiger partial charge on any atom is -0.347 e. The zero-order chi connectivity index (χ0) is 15.3. The Morgan fingerprint density at radius 1 is 1.15 bits per heavy atom. The van der Waals surface area contributed by atoms with E-state index in [1.54, 1.807) is 19.0 Å². The second-order valence-electron chi connectivity index (χ2n) is 5.73. The molecule has 0 aromatic rings. The molecule has 2 amide bonds. The van der Waals surface area contributed by atoms with Crippen molar-refractivity contribution >= 4 is 11.8 Å². The molecular weight excluding hydrogens is 254 g/mol. The van der Waals surface area contributed by atoms with Crippen molar-refractivity contribution in [3.8, 4) is 0 Å². The third kappa shape index (κ3) is 3.95. The fourth-order valence-corrected chi connectivity index (χ4v) is 2.86. The fourth-order valence-electron chi connectivity index (χ4n) is 2.86. The number of carbonyl (C=O) groups excluding carboxylic acids is 2. The molecule has 1 saturated heterocycles. The van der Waals surface area contributed by atoms with Crippen LogP contribution >= 0.6 is 0 Å². The van der Waals surface area contributed by atoms with Crippen LogP contribution < -0.4 is 0 Å². The summed E-state index contributed by atoms with van der Waals surface area (Å²) in [5, 5.41) is 0. The van der Waals surface area contributed by atoms with Gasteiger partial charge in [0.2, 0.25) is 11.8 Å². The highest BCUT2D eigenvalue weighted by Gasteiger charge is 2.31. The molecule has 1 fully saturated rings. The summed E-state index contributed by atoms with van der Waals surface area (Å²) in [6, 6.07) is -0.0884. The number of hydrogen-bond acceptors (Lipinski definition) is 3. The van der Waals surface area contributed by atoms with Crippen LogP contribution in [-0.2, 0) is 9.59 Å². The molecule has 5 heteroatoms. The minimum absolute atomic E-state index is 0.0884. The predicted molar refractivity (Wildman–Crippen MR) is 80.4 cm³/mol. The minimum atomic E-state index is -0.0884. The number of hydrogen-bond donors (Lipinski definition) is 0. The van der Waals surface area contributed by atoms with E-state index in [-0.39, 0.29) is 23.8 Å². The molecular formula is C15H29N3O2. The van der Waals surface area contributed by atoms with E-state index in [2.05, 4.69) is 4.90 Å². The van der Waals surface area contributed by atoms with Crippen LogP contribution in [0.4, 0.5) is 0 Å². The second kappa shape index (κ2) is 7.62. The van der Waals surface area contributed by atoms with Gasteiger partial charge in [0.05, 0.1) is 6.04 Å². The highest BCUT2D eigenvalue weighted by molar-refractivity contribution is 5.81. The number of piperidine rings is 1. The fraction of sp³-hybridized carbons (Fsp3) is 0.867. The summed E-state index contributed by atoms with van der Waals surface area (Å²) >= 11 is 0. The number of rotatable bonds is 5. The Kier molecular flexibility index (Phi) is 6.46. The number of likely N-dealkylation sites (N-methyl/N-ethyl adjacent to an activating group) is 1. The number of nitrogens with zero attached hydrogens (tertiary/aromatic N) is 3. The zero-order valence-corrected chi connectivity index (χ0v) is 13.6. The van der Waals surface area contributed by atoms with E-state index in [1.807, 2.05) is 25.7 Å². The Labute approximate surface area is 122 Å². The topological polar surface area (TPSA) is 43.9 Å². The van der Waals surface area contributed by atoms with Gasteiger partial charge in [-0.15, -0.1) is 0 Å². The van der Waals surface area contributed by atoms with Gasteiger partial charge in [-0.2, -0.15) is 0 Å². The van der Waals surface area contributed by atoms with Gasteiger partial charge in [0.1, 0.15) is 0 Å². The molecule has 0 bridgehead atoms. The highest BCUT2D eigenvalue weighted by Crippen LogP contribution is 2.21. The number of likely N-dealkylation sites (tertiary alicyclic amines) is 1. The molecule has 0 saturated carbocycles. The molecule has 1 atom stereocenters. The average Bonchev–Trinajstić information content (AvgIpc) is 2.46. The summed E-state index contributed by atoms with van der Waals surface area (Å²) in [7, 11) is 3.57. The van der Waals surface area contributed by atoms with Gasteiger partial charge in [0.25, 0.3) is 0 Å². The Balaban J connectivity index is 2.51. The molecule has 0 N–H and O–H groups in total. The van der Waals surface area contributed by atoms with Crippen LogP contribution in [0.15, 0.2) is 0 Å². The Bertz CT molecular complexity index is 332. The van der Waals surface area contributed by atoms with Crippen LogP contribution in [0.2, 0.25) is 0 Å². The van der Waals surface area contributed by atoms with E-state index < -0.39 is 0 Å². The molecule has 1 unspecified atom stereocenters. The lowest BCUT2D eigenvalue weighted by molar-refractivity contribution is -0.138. The van der Waals surface area contributed by atoms with Crippen molar-refractivity contribution in [3.63, 3.8) is 0 Å². The third-order valence-corrected chi connectivity index (χ3v) is 4.30. The summed E-state index contributed by atoms with van der Waals surface area (Å²) in [5.74, 6) is 0.549. The van der Waals surface area contributed by atoms with Crippen LogP contribution in [0.5, 0.6) is 0 Å². The summed E-state index contributed by atoms with van der Waals surface area (Å²) < 4.78 is 0. The lowest BCUT2D eigenvalue weighted by Gasteiger charge is -2.37. The third-order valence-electron chi connectivity index (χ3n) is 4.30. The van der Waals surface area contributed by atoms with Crippen molar-refractivity contribution in [2.45, 2.75) is 39.7 Å². The SMILES string of the molecule is CCN(CC)C(=O)C1CCN(C(C)C(=O)N(C)C)CC1. The van der Waals surface area contributed by atoms with E-state index in [9.17, 15) is 9.59 Å². The predicted octanol–water partition coefficient (Wildman–Crippen LogP) is 1.04. The molecule has 1 rings (SSSR count). The molecule has 20 heavy (non-hydrogen) atoms. The van der Waals surface area contributed by atoms with E-state index in [4.69, 9.17) is 0 Å². The van der Waals surface area contributed by atoms with Gasteiger partial charge < -0.3 is 9.80 Å². The molecule has 0 spiro atoms. The smallest absolute Gasteiger partial charge is 0.239 e. The zero-order valence-electron chi connectivity index (χ0n) is 13.6. The van der Waals surface area contributed by atoms with Crippen molar-refractivity contribution < 1.29 is 9.59 Å². The quantitative estimate of drug-likeness (QED) is 0.757. The molecule has 1 heterocycles. The average molecular weight is 283 g/mol. The normalized spacial score (nSPS) is 18.6. The monoisotopic (exact) mass is 283 g/mol. The maximum atomic E-state index is 12.3.